The molecule has 0 aliphatic carbocycles. The van der Waals surface area contributed by atoms with Gasteiger partial charge in [0, 0.05) is 43.8 Å². The molecule has 0 aromatic heterocycles. The Kier molecular flexibility index (Phi) is 6.27. The third kappa shape index (κ3) is 5.05. The van der Waals surface area contributed by atoms with Crippen molar-refractivity contribution in [3.63, 3.8) is 0 Å². The largest absolute Gasteiger partial charge is 0.340 e. The number of benzene rings is 1. The Morgan fingerprint density at radius 3 is 2.73 bits per heavy atom. The van der Waals surface area contributed by atoms with Crippen molar-refractivity contribution in [1.82, 2.24) is 15.1 Å². The molecule has 2 fully saturated rings. The number of amides is 2. The molecule has 0 saturated carbocycles. The molecule has 2 heterocycles. The van der Waals surface area contributed by atoms with Crippen LogP contribution in [0.2, 0.25) is 0 Å². The van der Waals surface area contributed by atoms with Crippen LogP contribution in [-0.2, 0) is 16.0 Å². The van der Waals surface area contributed by atoms with Gasteiger partial charge in [-0.15, -0.1) is 0 Å². The topological polar surface area (TPSA) is 64.7 Å². The molecule has 2 amide bonds. The number of piperidine rings is 1. The lowest BCUT2D eigenvalue weighted by molar-refractivity contribution is -0.132. The van der Waals surface area contributed by atoms with Gasteiger partial charge in [0.25, 0.3) is 0 Å². The van der Waals surface area contributed by atoms with Crippen LogP contribution in [0.4, 0.5) is 5.69 Å². The van der Waals surface area contributed by atoms with E-state index in [1.807, 2.05) is 29.2 Å². The number of likely N-dealkylation sites (N-methyl/N-ethyl adjacent to an activating group) is 1. The highest BCUT2D eigenvalue weighted by Gasteiger charge is 2.25. The zero-order chi connectivity index (χ0) is 18.5. The van der Waals surface area contributed by atoms with Gasteiger partial charge in [-0.25, -0.2) is 0 Å². The maximum Gasteiger partial charge on any atom is 0.227 e. The minimum Gasteiger partial charge on any atom is -0.340 e. The van der Waals surface area contributed by atoms with E-state index in [0.717, 1.165) is 56.8 Å². The Morgan fingerprint density at radius 1 is 1.23 bits per heavy atom. The summed E-state index contributed by atoms with van der Waals surface area (Å²) in [6.07, 6.45) is 2.13. The second-order valence-corrected chi connectivity index (χ2v) is 7.63. The van der Waals surface area contributed by atoms with Gasteiger partial charge in [0.05, 0.1) is 6.42 Å². The predicted octanol–water partition coefficient (Wildman–Crippen LogP) is 1.33. The molecule has 142 valence electrons. The molecule has 1 aromatic carbocycles. The maximum atomic E-state index is 12.5. The highest BCUT2D eigenvalue weighted by molar-refractivity contribution is 5.92. The molecule has 6 heteroatoms. The average Bonchev–Trinajstić information content (AvgIpc) is 2.62. The number of piperazine rings is 1. The Labute approximate surface area is 155 Å². The monoisotopic (exact) mass is 358 g/mol. The van der Waals surface area contributed by atoms with Crippen molar-refractivity contribution >= 4 is 17.5 Å². The van der Waals surface area contributed by atoms with Gasteiger partial charge in [0.2, 0.25) is 11.8 Å². The molecule has 2 saturated heterocycles. The number of carbonyl (C=O) groups excluding carboxylic acids is 2. The molecule has 0 unspecified atom stereocenters. The van der Waals surface area contributed by atoms with Crippen LogP contribution in [0.1, 0.15) is 25.3 Å². The van der Waals surface area contributed by atoms with Crippen LogP contribution in [0.15, 0.2) is 24.3 Å². The number of hydrogen-bond acceptors (Lipinski definition) is 4. The molecule has 26 heavy (non-hydrogen) atoms. The summed E-state index contributed by atoms with van der Waals surface area (Å²) in [4.78, 5) is 29.2. The maximum absolute atomic E-state index is 12.5. The summed E-state index contributed by atoms with van der Waals surface area (Å²) in [7, 11) is 2.08. The van der Waals surface area contributed by atoms with E-state index in [1.165, 1.54) is 0 Å². The fourth-order valence-corrected chi connectivity index (χ4v) is 3.72. The van der Waals surface area contributed by atoms with Crippen molar-refractivity contribution in [1.29, 1.82) is 0 Å². The molecule has 3 rings (SSSR count). The zero-order valence-corrected chi connectivity index (χ0v) is 15.8. The summed E-state index contributed by atoms with van der Waals surface area (Å²) in [5.41, 5.74) is 1.73. The quantitative estimate of drug-likeness (QED) is 0.852. The Morgan fingerprint density at radius 2 is 2.00 bits per heavy atom. The number of carbonyl (C=O) groups is 2. The van der Waals surface area contributed by atoms with Crippen molar-refractivity contribution in [3.8, 4) is 0 Å². The summed E-state index contributed by atoms with van der Waals surface area (Å²) < 4.78 is 0. The van der Waals surface area contributed by atoms with Gasteiger partial charge < -0.3 is 20.4 Å². The van der Waals surface area contributed by atoms with E-state index in [1.54, 1.807) is 0 Å². The van der Waals surface area contributed by atoms with Crippen molar-refractivity contribution < 1.29 is 9.59 Å². The molecule has 0 bridgehead atoms. The highest BCUT2D eigenvalue weighted by atomic mass is 16.2. The molecule has 1 aromatic rings. The SMILES string of the molecule is C[C@H]1C[C@@H](C(=O)Nc2cccc(CC(=O)N3CCN(C)CC3)c2)CCN1. The Hall–Kier alpha value is -1.92. The number of nitrogens with one attached hydrogen (secondary N) is 2. The number of anilines is 1. The summed E-state index contributed by atoms with van der Waals surface area (Å²) >= 11 is 0. The Balaban J connectivity index is 1.56. The molecular weight excluding hydrogens is 328 g/mol. The van der Waals surface area contributed by atoms with E-state index in [9.17, 15) is 9.59 Å². The zero-order valence-electron chi connectivity index (χ0n) is 15.8. The van der Waals surface area contributed by atoms with E-state index in [-0.39, 0.29) is 17.7 Å². The van der Waals surface area contributed by atoms with Gasteiger partial charge in [-0.2, -0.15) is 0 Å². The minimum atomic E-state index is 0.0573. The summed E-state index contributed by atoms with van der Waals surface area (Å²) in [6, 6.07) is 8.07. The second kappa shape index (κ2) is 8.64. The number of nitrogens with zero attached hydrogens (tertiary/aromatic N) is 2. The molecule has 2 aliphatic heterocycles. The lowest BCUT2D eigenvalue weighted by atomic mass is 9.92. The fourth-order valence-electron chi connectivity index (χ4n) is 3.72. The summed E-state index contributed by atoms with van der Waals surface area (Å²) in [6.45, 7) is 6.44. The van der Waals surface area contributed by atoms with Gasteiger partial charge in [-0.3, -0.25) is 9.59 Å². The normalized spacial score (nSPS) is 24.3. The first-order valence-corrected chi connectivity index (χ1v) is 9.61. The molecule has 2 N–H and O–H groups in total. The first-order chi connectivity index (χ1) is 12.5. The smallest absolute Gasteiger partial charge is 0.227 e. The third-order valence-corrected chi connectivity index (χ3v) is 5.40. The highest BCUT2D eigenvalue weighted by Crippen LogP contribution is 2.19. The lowest BCUT2D eigenvalue weighted by Crippen LogP contribution is -2.47. The van der Waals surface area contributed by atoms with Gasteiger partial charge in [0.15, 0.2) is 0 Å². The number of hydrogen-bond donors (Lipinski definition) is 2. The molecule has 0 radical (unpaired) electrons. The molecular formula is C20H30N4O2. The van der Waals surface area contributed by atoms with E-state index in [4.69, 9.17) is 0 Å². The van der Waals surface area contributed by atoms with E-state index in [0.29, 0.717) is 12.5 Å². The van der Waals surface area contributed by atoms with Gasteiger partial charge >= 0.3 is 0 Å². The fraction of sp³-hybridized carbons (Fsp3) is 0.600. The first kappa shape index (κ1) is 18.9. The minimum absolute atomic E-state index is 0.0573. The molecule has 6 nitrogen and oxygen atoms in total. The second-order valence-electron chi connectivity index (χ2n) is 7.63. The van der Waals surface area contributed by atoms with Gasteiger partial charge in [-0.1, -0.05) is 12.1 Å². The molecule has 2 atom stereocenters. The van der Waals surface area contributed by atoms with Crippen LogP contribution in [-0.4, -0.2) is 67.4 Å². The van der Waals surface area contributed by atoms with Crippen molar-refractivity contribution in [2.45, 2.75) is 32.2 Å². The van der Waals surface area contributed by atoms with Crippen LogP contribution >= 0.6 is 0 Å². The van der Waals surface area contributed by atoms with Gasteiger partial charge in [-0.05, 0) is 51.1 Å². The van der Waals surface area contributed by atoms with Crippen molar-refractivity contribution in [2.75, 3.05) is 45.1 Å². The van der Waals surface area contributed by atoms with E-state index in [2.05, 4.69) is 29.5 Å². The van der Waals surface area contributed by atoms with Crippen LogP contribution in [0.5, 0.6) is 0 Å². The first-order valence-electron chi connectivity index (χ1n) is 9.61. The third-order valence-electron chi connectivity index (χ3n) is 5.40. The summed E-state index contributed by atoms with van der Waals surface area (Å²) in [5, 5.41) is 6.40. The van der Waals surface area contributed by atoms with Crippen molar-refractivity contribution in [3.05, 3.63) is 29.8 Å². The standard InChI is InChI=1S/C20H30N4O2/c1-15-12-17(6-7-21-15)20(26)22-18-5-3-4-16(13-18)14-19(25)24-10-8-23(2)9-11-24/h3-5,13,15,17,21H,6-12,14H2,1-2H3,(H,22,26)/t15-,17-/m0/s1. The van der Waals surface area contributed by atoms with Crippen LogP contribution < -0.4 is 10.6 Å². The van der Waals surface area contributed by atoms with Crippen LogP contribution in [0, 0.1) is 5.92 Å². The molecule has 0 spiro atoms. The molecule has 2 aliphatic rings. The van der Waals surface area contributed by atoms with E-state index >= 15 is 0 Å². The Bertz CT molecular complexity index is 640. The average molecular weight is 358 g/mol. The number of rotatable bonds is 4. The van der Waals surface area contributed by atoms with Gasteiger partial charge in [0.1, 0.15) is 0 Å². The van der Waals surface area contributed by atoms with Crippen LogP contribution in [0.3, 0.4) is 0 Å². The van der Waals surface area contributed by atoms with Crippen molar-refractivity contribution in [2.24, 2.45) is 5.92 Å². The predicted molar refractivity (Wildman–Crippen MR) is 103 cm³/mol. The lowest BCUT2D eigenvalue weighted by Gasteiger charge is -2.32. The summed E-state index contributed by atoms with van der Waals surface area (Å²) in [5.74, 6) is 0.302. The van der Waals surface area contributed by atoms with Crippen LogP contribution in [0.25, 0.3) is 0 Å². The van der Waals surface area contributed by atoms with E-state index < -0.39 is 0 Å².